The first-order chi connectivity index (χ1) is 14.0. The van der Waals surface area contributed by atoms with E-state index in [1.54, 1.807) is 0 Å². The van der Waals surface area contributed by atoms with Crippen LogP contribution in [0.2, 0.25) is 0 Å². The van der Waals surface area contributed by atoms with Crippen LogP contribution in [0.25, 0.3) is 0 Å². The highest BCUT2D eigenvalue weighted by atomic mass is 16.8. The number of rotatable bonds is 6. The number of hydrogen-bond donors (Lipinski definition) is 2. The lowest BCUT2D eigenvalue weighted by molar-refractivity contribution is -0.348. The van der Waals surface area contributed by atoms with Crippen LogP contribution in [0, 0.1) is 34.5 Å². The molecule has 3 fully saturated rings. The molecule has 6 atom stereocenters. The minimum atomic E-state index is -2.25. The molecule has 0 spiro atoms. The van der Waals surface area contributed by atoms with Gasteiger partial charge in [0.1, 0.15) is 6.61 Å². The van der Waals surface area contributed by atoms with Gasteiger partial charge in [0.05, 0.1) is 0 Å². The molecule has 0 bridgehead atoms. The van der Waals surface area contributed by atoms with Crippen molar-refractivity contribution in [3.8, 4) is 0 Å². The van der Waals surface area contributed by atoms with E-state index in [-0.39, 0.29) is 35.9 Å². The molecule has 0 aliphatic heterocycles. The number of ketones is 2. The first-order valence-electron chi connectivity index (χ1n) is 11.5. The zero-order valence-corrected chi connectivity index (χ0v) is 18.5. The molecule has 2 N–H and O–H groups in total. The summed E-state index contributed by atoms with van der Waals surface area (Å²) in [6.45, 7) is 5.42. The van der Waals surface area contributed by atoms with Crippen LogP contribution in [0.15, 0.2) is 11.6 Å². The first-order valence-corrected chi connectivity index (χ1v) is 11.5. The van der Waals surface area contributed by atoms with Gasteiger partial charge in [-0.2, -0.15) is 0 Å². The van der Waals surface area contributed by atoms with Crippen LogP contribution >= 0.6 is 0 Å². The van der Waals surface area contributed by atoms with Crippen LogP contribution in [-0.2, 0) is 19.1 Å². The van der Waals surface area contributed by atoms with Crippen LogP contribution in [-0.4, -0.2) is 41.2 Å². The number of hydrogen-bond acceptors (Lipinski definition) is 6. The van der Waals surface area contributed by atoms with Gasteiger partial charge in [0, 0.05) is 19.3 Å². The highest BCUT2D eigenvalue weighted by Crippen LogP contribution is 2.66. The molecule has 0 aromatic heterocycles. The van der Waals surface area contributed by atoms with Gasteiger partial charge < -0.3 is 19.7 Å². The van der Waals surface area contributed by atoms with Crippen molar-refractivity contribution in [1.82, 2.24) is 0 Å². The maximum absolute atomic E-state index is 13.0. The van der Waals surface area contributed by atoms with Gasteiger partial charge in [-0.05, 0) is 79.6 Å². The largest absolute Gasteiger partial charge is 0.347 e. The quantitative estimate of drug-likeness (QED) is 0.506. The Bertz CT molecular complexity index is 736. The van der Waals surface area contributed by atoms with Crippen molar-refractivity contribution in [3.05, 3.63) is 11.6 Å². The summed E-state index contributed by atoms with van der Waals surface area (Å²) in [7, 11) is 0. The predicted octanol–water partition coefficient (Wildman–Crippen LogP) is 3.35. The van der Waals surface area contributed by atoms with Gasteiger partial charge in [-0.1, -0.05) is 19.4 Å². The predicted molar refractivity (Wildman–Crippen MR) is 110 cm³/mol. The number of carbonyl (C=O) groups is 2. The SMILES string of the molecule is CC(O)(O)OCOCC(=O)[C@H]1CC[C@H]2[C@@H]3CCC4=CC(=O)CC[C@]4(C)[C@H]3CC[C@]12C. The zero-order valence-electron chi connectivity index (χ0n) is 18.5. The van der Waals surface area contributed by atoms with E-state index < -0.39 is 5.97 Å². The van der Waals surface area contributed by atoms with Gasteiger partial charge >= 0.3 is 0 Å². The van der Waals surface area contributed by atoms with Crippen molar-refractivity contribution in [3.63, 3.8) is 0 Å². The van der Waals surface area contributed by atoms with Crippen LogP contribution in [0.5, 0.6) is 0 Å². The Morgan fingerprint density at radius 1 is 1.13 bits per heavy atom. The third kappa shape index (κ3) is 3.81. The molecule has 0 heterocycles. The van der Waals surface area contributed by atoms with Crippen molar-refractivity contribution < 1.29 is 29.3 Å². The highest BCUT2D eigenvalue weighted by Gasteiger charge is 2.60. The Balaban J connectivity index is 1.43. The molecule has 6 heteroatoms. The van der Waals surface area contributed by atoms with Gasteiger partial charge in [-0.25, -0.2) is 0 Å². The molecule has 0 unspecified atom stereocenters. The Hall–Kier alpha value is -1.08. The average Bonchev–Trinajstić information content (AvgIpc) is 3.02. The second-order valence-corrected chi connectivity index (χ2v) is 10.7. The van der Waals surface area contributed by atoms with Gasteiger partial charge in [-0.15, -0.1) is 0 Å². The molecule has 30 heavy (non-hydrogen) atoms. The van der Waals surface area contributed by atoms with Crippen LogP contribution in [0.4, 0.5) is 0 Å². The summed E-state index contributed by atoms with van der Waals surface area (Å²) < 4.78 is 10.0. The second-order valence-electron chi connectivity index (χ2n) is 10.7. The fourth-order valence-corrected chi connectivity index (χ4v) is 7.48. The van der Waals surface area contributed by atoms with Crippen LogP contribution in [0.1, 0.15) is 72.1 Å². The minimum Gasteiger partial charge on any atom is -0.347 e. The first kappa shape index (κ1) is 22.1. The summed E-state index contributed by atoms with van der Waals surface area (Å²) in [5.41, 5.74) is 1.54. The molecular weight excluding hydrogens is 384 g/mol. The lowest BCUT2D eigenvalue weighted by Gasteiger charge is -2.58. The summed E-state index contributed by atoms with van der Waals surface area (Å²) in [5, 5.41) is 18.3. The lowest BCUT2D eigenvalue weighted by Crippen LogP contribution is -2.51. The molecule has 0 aromatic carbocycles. The molecule has 0 radical (unpaired) electrons. The molecule has 168 valence electrons. The smallest absolute Gasteiger partial charge is 0.276 e. The average molecular weight is 421 g/mol. The maximum Gasteiger partial charge on any atom is 0.276 e. The van der Waals surface area contributed by atoms with E-state index in [1.807, 2.05) is 6.08 Å². The standard InChI is InChI=1S/C24H36O6/c1-22-10-8-16(25)12-15(22)4-5-17-18-6-7-20(23(18,2)11-9-19(17)22)21(26)13-29-14-30-24(3,27)28/h12,17-20,27-28H,4-11,13-14H2,1-3H3/t17-,18-,19-,20+,22-,23-/m0/s1. The Labute approximate surface area is 179 Å². The Morgan fingerprint density at radius 2 is 1.90 bits per heavy atom. The highest BCUT2D eigenvalue weighted by molar-refractivity contribution is 5.91. The summed E-state index contributed by atoms with van der Waals surface area (Å²) in [4.78, 5) is 24.9. The summed E-state index contributed by atoms with van der Waals surface area (Å²) in [6, 6.07) is 0. The van der Waals surface area contributed by atoms with Crippen molar-refractivity contribution in [2.75, 3.05) is 13.4 Å². The lowest BCUT2D eigenvalue weighted by atomic mass is 9.46. The van der Waals surface area contributed by atoms with Gasteiger partial charge in [0.15, 0.2) is 18.4 Å². The number of ether oxygens (including phenoxy) is 2. The Morgan fingerprint density at radius 3 is 2.63 bits per heavy atom. The number of carbonyl (C=O) groups excluding carboxylic acids is 2. The summed E-state index contributed by atoms with van der Waals surface area (Å²) in [6.07, 6.45) is 9.92. The van der Waals surface area contributed by atoms with E-state index in [9.17, 15) is 9.59 Å². The molecule has 4 rings (SSSR count). The molecule has 3 saturated carbocycles. The third-order valence-corrected chi connectivity index (χ3v) is 9.01. The van der Waals surface area contributed by atoms with Crippen molar-refractivity contribution in [2.24, 2.45) is 34.5 Å². The molecule has 0 amide bonds. The minimum absolute atomic E-state index is 0.00392. The molecule has 0 aromatic rings. The zero-order chi connectivity index (χ0) is 21.7. The van der Waals surface area contributed by atoms with E-state index in [1.165, 1.54) is 5.57 Å². The van der Waals surface area contributed by atoms with Crippen molar-refractivity contribution >= 4 is 11.6 Å². The van der Waals surface area contributed by atoms with E-state index in [0.29, 0.717) is 30.0 Å². The summed E-state index contributed by atoms with van der Waals surface area (Å²) >= 11 is 0. The number of aliphatic hydroxyl groups is 2. The van der Waals surface area contributed by atoms with Gasteiger partial charge in [-0.3, -0.25) is 9.59 Å². The fraction of sp³-hybridized carbons (Fsp3) is 0.833. The molecule has 4 aliphatic carbocycles. The molecular formula is C24H36O6. The fourth-order valence-electron chi connectivity index (χ4n) is 7.48. The topological polar surface area (TPSA) is 93.1 Å². The van der Waals surface area contributed by atoms with Crippen LogP contribution < -0.4 is 0 Å². The van der Waals surface area contributed by atoms with E-state index >= 15 is 0 Å². The maximum atomic E-state index is 13.0. The number of Topliss-reactive ketones (excluding diaryl/α,β-unsaturated/α-hetero) is 1. The van der Waals surface area contributed by atoms with E-state index in [2.05, 4.69) is 13.8 Å². The second kappa shape index (κ2) is 7.80. The van der Waals surface area contributed by atoms with E-state index in [0.717, 1.165) is 51.9 Å². The summed E-state index contributed by atoms with van der Waals surface area (Å²) in [5.74, 6) is -0.0590. The van der Waals surface area contributed by atoms with Gasteiger partial charge in [0.2, 0.25) is 0 Å². The van der Waals surface area contributed by atoms with Crippen molar-refractivity contribution in [2.45, 2.75) is 78.1 Å². The van der Waals surface area contributed by atoms with Crippen LogP contribution in [0.3, 0.4) is 0 Å². The molecule has 0 saturated heterocycles. The Kier molecular flexibility index (Phi) is 5.76. The third-order valence-electron chi connectivity index (χ3n) is 9.01. The molecule has 4 aliphatic rings. The number of fused-ring (bicyclic) bond motifs is 5. The monoisotopic (exact) mass is 420 g/mol. The van der Waals surface area contributed by atoms with Gasteiger partial charge in [0.25, 0.3) is 5.97 Å². The number of allylic oxidation sites excluding steroid dienone is 1. The normalized spacial score (nSPS) is 41.0. The molecule has 6 nitrogen and oxygen atoms in total. The van der Waals surface area contributed by atoms with Crippen molar-refractivity contribution in [1.29, 1.82) is 0 Å². The van der Waals surface area contributed by atoms with E-state index in [4.69, 9.17) is 19.7 Å².